The Labute approximate surface area is 111 Å². The number of nitrogens with zero attached hydrogens (tertiary/aromatic N) is 1. The molecule has 2 rings (SSSR count). The van der Waals surface area contributed by atoms with Crippen molar-refractivity contribution in [3.8, 4) is 5.75 Å². The maximum atomic E-state index is 9.64. The van der Waals surface area contributed by atoms with Crippen molar-refractivity contribution in [3.05, 3.63) is 45.9 Å². The number of ether oxygens (including phenoxy) is 1. The molecule has 1 aromatic heterocycles. The molecule has 0 fully saturated rings. The smallest absolute Gasteiger partial charge is 0.125 e. The fourth-order valence-electron chi connectivity index (χ4n) is 1.78. The van der Waals surface area contributed by atoms with Crippen LogP contribution in [-0.4, -0.2) is 16.7 Å². The third-order valence-corrected chi connectivity index (χ3v) is 3.80. The molecule has 0 aliphatic carbocycles. The average molecular weight is 263 g/mol. The second-order valence-corrected chi connectivity index (χ2v) is 5.11. The highest BCUT2D eigenvalue weighted by atomic mass is 32.1. The minimum atomic E-state index is -0.508. The topological polar surface area (TPSA) is 42.4 Å². The zero-order valence-electron chi connectivity index (χ0n) is 10.6. The summed E-state index contributed by atoms with van der Waals surface area (Å²) in [5, 5.41) is 9.64. The van der Waals surface area contributed by atoms with Gasteiger partial charge in [0.25, 0.3) is 0 Å². The molecule has 96 valence electrons. The number of benzene rings is 1. The first-order valence-electron chi connectivity index (χ1n) is 5.97. The standard InChI is InChI=1S/C14H17NO2S/c1-10-14(18-9-15-10)7-8-17-13-6-4-3-5-12(13)11(2)16/h3-6,9,11,16H,7-8H2,1-2H3/t11-/m0/s1. The number of aliphatic hydroxyl groups excluding tert-OH is 1. The third-order valence-electron chi connectivity index (χ3n) is 2.80. The first-order valence-corrected chi connectivity index (χ1v) is 6.85. The number of thiazole rings is 1. The van der Waals surface area contributed by atoms with E-state index in [9.17, 15) is 5.11 Å². The second-order valence-electron chi connectivity index (χ2n) is 4.17. The van der Waals surface area contributed by atoms with Crippen molar-refractivity contribution in [2.75, 3.05) is 6.61 Å². The summed E-state index contributed by atoms with van der Waals surface area (Å²) in [7, 11) is 0. The van der Waals surface area contributed by atoms with Gasteiger partial charge in [0.1, 0.15) is 5.75 Å². The Morgan fingerprint density at radius 1 is 1.39 bits per heavy atom. The van der Waals surface area contributed by atoms with Gasteiger partial charge in [-0.25, -0.2) is 4.98 Å². The van der Waals surface area contributed by atoms with E-state index < -0.39 is 6.10 Å². The number of hydrogen-bond acceptors (Lipinski definition) is 4. The quantitative estimate of drug-likeness (QED) is 0.901. The van der Waals surface area contributed by atoms with Crippen molar-refractivity contribution < 1.29 is 9.84 Å². The fraction of sp³-hybridized carbons (Fsp3) is 0.357. The zero-order valence-corrected chi connectivity index (χ0v) is 11.4. The lowest BCUT2D eigenvalue weighted by Crippen LogP contribution is -2.04. The van der Waals surface area contributed by atoms with Crippen LogP contribution in [0.25, 0.3) is 0 Å². The molecule has 1 atom stereocenters. The minimum Gasteiger partial charge on any atom is -0.493 e. The van der Waals surface area contributed by atoms with Gasteiger partial charge in [-0.1, -0.05) is 18.2 Å². The molecule has 1 N–H and O–H groups in total. The lowest BCUT2D eigenvalue weighted by atomic mass is 10.1. The number of aliphatic hydroxyl groups is 1. The van der Waals surface area contributed by atoms with E-state index in [0.717, 1.165) is 23.4 Å². The van der Waals surface area contributed by atoms with Crippen LogP contribution in [0.4, 0.5) is 0 Å². The van der Waals surface area contributed by atoms with Gasteiger partial charge < -0.3 is 9.84 Å². The van der Waals surface area contributed by atoms with Gasteiger partial charge in [0.15, 0.2) is 0 Å². The van der Waals surface area contributed by atoms with Crippen LogP contribution in [0.15, 0.2) is 29.8 Å². The second kappa shape index (κ2) is 5.98. The summed E-state index contributed by atoms with van der Waals surface area (Å²) in [4.78, 5) is 5.47. The lowest BCUT2D eigenvalue weighted by Gasteiger charge is -2.12. The minimum absolute atomic E-state index is 0.508. The Bertz CT molecular complexity index is 508. The first kappa shape index (κ1) is 13.1. The van der Waals surface area contributed by atoms with Gasteiger partial charge in [-0.3, -0.25) is 0 Å². The summed E-state index contributed by atoms with van der Waals surface area (Å²) >= 11 is 1.65. The van der Waals surface area contributed by atoms with Gasteiger partial charge in [0.2, 0.25) is 0 Å². The lowest BCUT2D eigenvalue weighted by molar-refractivity contribution is 0.191. The molecular weight excluding hydrogens is 246 g/mol. The van der Waals surface area contributed by atoms with Crippen LogP contribution >= 0.6 is 11.3 Å². The molecule has 0 bridgehead atoms. The van der Waals surface area contributed by atoms with E-state index in [-0.39, 0.29) is 0 Å². The number of aromatic nitrogens is 1. The SMILES string of the molecule is Cc1ncsc1CCOc1ccccc1[C@H](C)O. The number of para-hydroxylation sites is 1. The molecule has 0 saturated heterocycles. The molecule has 0 amide bonds. The Kier molecular flexibility index (Phi) is 4.33. The Morgan fingerprint density at radius 3 is 2.83 bits per heavy atom. The fourth-order valence-corrected chi connectivity index (χ4v) is 2.54. The summed E-state index contributed by atoms with van der Waals surface area (Å²) < 4.78 is 5.75. The Balaban J connectivity index is 1.96. The molecule has 2 aromatic rings. The van der Waals surface area contributed by atoms with E-state index in [1.54, 1.807) is 18.3 Å². The van der Waals surface area contributed by atoms with E-state index in [1.165, 1.54) is 4.88 Å². The molecule has 0 aliphatic heterocycles. The van der Waals surface area contributed by atoms with Crippen LogP contribution in [0.5, 0.6) is 5.75 Å². The Morgan fingerprint density at radius 2 is 2.17 bits per heavy atom. The van der Waals surface area contributed by atoms with Crippen molar-refractivity contribution in [2.45, 2.75) is 26.4 Å². The van der Waals surface area contributed by atoms with Gasteiger partial charge in [-0.05, 0) is 19.9 Å². The summed E-state index contributed by atoms with van der Waals surface area (Å²) in [5.41, 5.74) is 3.76. The van der Waals surface area contributed by atoms with Crippen LogP contribution in [-0.2, 0) is 6.42 Å². The third kappa shape index (κ3) is 3.09. The molecule has 0 unspecified atom stereocenters. The summed E-state index contributed by atoms with van der Waals surface area (Å²) in [6.45, 7) is 4.36. The van der Waals surface area contributed by atoms with Crippen LogP contribution < -0.4 is 4.74 Å². The summed E-state index contributed by atoms with van der Waals surface area (Å²) in [5.74, 6) is 0.759. The number of aryl methyl sites for hydroxylation is 1. The summed E-state index contributed by atoms with van der Waals surface area (Å²) in [6.07, 6.45) is 0.344. The molecule has 4 heteroatoms. The highest BCUT2D eigenvalue weighted by Gasteiger charge is 2.08. The van der Waals surface area contributed by atoms with Gasteiger partial charge in [-0.2, -0.15) is 0 Å². The van der Waals surface area contributed by atoms with Gasteiger partial charge in [0.05, 0.1) is 23.9 Å². The molecule has 0 aliphatic rings. The van der Waals surface area contributed by atoms with E-state index in [1.807, 2.05) is 36.7 Å². The zero-order chi connectivity index (χ0) is 13.0. The molecule has 1 aromatic carbocycles. The van der Waals surface area contributed by atoms with Gasteiger partial charge in [-0.15, -0.1) is 11.3 Å². The first-order chi connectivity index (χ1) is 8.68. The van der Waals surface area contributed by atoms with Crippen LogP contribution in [0.1, 0.15) is 29.2 Å². The molecule has 1 heterocycles. The highest BCUT2D eigenvalue weighted by molar-refractivity contribution is 7.09. The van der Waals surface area contributed by atoms with Crippen molar-refractivity contribution in [1.82, 2.24) is 4.98 Å². The van der Waals surface area contributed by atoms with Crippen molar-refractivity contribution in [3.63, 3.8) is 0 Å². The Hall–Kier alpha value is -1.39. The molecule has 0 spiro atoms. The average Bonchev–Trinajstić information content (AvgIpc) is 2.76. The van der Waals surface area contributed by atoms with Crippen LogP contribution in [0.2, 0.25) is 0 Å². The van der Waals surface area contributed by atoms with Crippen molar-refractivity contribution in [1.29, 1.82) is 0 Å². The highest BCUT2D eigenvalue weighted by Crippen LogP contribution is 2.24. The molecular formula is C14H17NO2S. The van der Waals surface area contributed by atoms with E-state index in [0.29, 0.717) is 6.61 Å². The van der Waals surface area contributed by atoms with Crippen molar-refractivity contribution >= 4 is 11.3 Å². The number of rotatable bonds is 5. The molecule has 3 nitrogen and oxygen atoms in total. The van der Waals surface area contributed by atoms with E-state index in [4.69, 9.17) is 4.74 Å². The maximum absolute atomic E-state index is 9.64. The van der Waals surface area contributed by atoms with Gasteiger partial charge >= 0.3 is 0 Å². The normalized spacial score (nSPS) is 12.4. The summed E-state index contributed by atoms with van der Waals surface area (Å²) in [6, 6.07) is 7.60. The van der Waals surface area contributed by atoms with Crippen LogP contribution in [0, 0.1) is 6.92 Å². The molecule has 0 saturated carbocycles. The van der Waals surface area contributed by atoms with E-state index in [2.05, 4.69) is 4.98 Å². The van der Waals surface area contributed by atoms with E-state index >= 15 is 0 Å². The monoisotopic (exact) mass is 263 g/mol. The molecule has 18 heavy (non-hydrogen) atoms. The molecule has 0 radical (unpaired) electrons. The predicted octanol–water partition coefficient (Wildman–Crippen LogP) is 3.13. The number of hydrogen-bond donors (Lipinski definition) is 1. The van der Waals surface area contributed by atoms with Gasteiger partial charge in [0, 0.05) is 16.9 Å². The largest absolute Gasteiger partial charge is 0.493 e. The maximum Gasteiger partial charge on any atom is 0.125 e. The predicted molar refractivity (Wildman–Crippen MR) is 73.1 cm³/mol. The van der Waals surface area contributed by atoms with Crippen molar-refractivity contribution in [2.24, 2.45) is 0 Å². The van der Waals surface area contributed by atoms with Crippen LogP contribution in [0.3, 0.4) is 0 Å².